The maximum Gasteiger partial charge on any atom is 0.328 e. The Bertz CT molecular complexity index is 442. The van der Waals surface area contributed by atoms with Crippen LogP contribution in [0.15, 0.2) is 22.6 Å². The minimum absolute atomic E-state index is 0.164. The number of furan rings is 1. The van der Waals surface area contributed by atoms with Crippen molar-refractivity contribution in [1.29, 1.82) is 0 Å². The van der Waals surface area contributed by atoms with Crippen LogP contribution in [0.25, 0.3) is 6.08 Å². The number of carbonyl (C=O) groups is 1. The molecular formula is C13H17NO4. The molecule has 0 bridgehead atoms. The second kappa shape index (κ2) is 5.27. The third kappa shape index (κ3) is 3.13. The van der Waals surface area contributed by atoms with Crippen LogP contribution in [0, 0.1) is 0 Å². The summed E-state index contributed by atoms with van der Waals surface area (Å²) >= 11 is 0. The first-order chi connectivity index (χ1) is 8.54. The van der Waals surface area contributed by atoms with E-state index in [1.165, 1.54) is 6.08 Å². The Hall–Kier alpha value is -1.75. The van der Waals surface area contributed by atoms with Gasteiger partial charge in [-0.1, -0.05) is 0 Å². The second-order valence-electron chi connectivity index (χ2n) is 4.51. The van der Waals surface area contributed by atoms with Crippen molar-refractivity contribution in [1.82, 2.24) is 0 Å². The highest BCUT2D eigenvalue weighted by Crippen LogP contribution is 2.23. The molecule has 0 amide bonds. The van der Waals surface area contributed by atoms with Gasteiger partial charge in [0.05, 0.1) is 12.2 Å². The quantitative estimate of drug-likeness (QED) is 0.832. The molecule has 1 aromatic heterocycles. The number of carboxylic acid groups (broad SMARTS) is 1. The summed E-state index contributed by atoms with van der Waals surface area (Å²) in [5, 5.41) is 8.54. The Balaban J connectivity index is 2.07. The summed E-state index contributed by atoms with van der Waals surface area (Å²) in [7, 11) is 0. The molecule has 1 fully saturated rings. The van der Waals surface area contributed by atoms with E-state index in [2.05, 4.69) is 4.90 Å². The molecule has 5 nitrogen and oxygen atoms in total. The summed E-state index contributed by atoms with van der Waals surface area (Å²) < 4.78 is 11.2. The molecule has 0 radical (unpaired) electrons. The van der Waals surface area contributed by atoms with Crippen molar-refractivity contribution in [3.8, 4) is 0 Å². The lowest BCUT2D eigenvalue weighted by atomic mass is 10.2. The zero-order valence-corrected chi connectivity index (χ0v) is 10.5. The fourth-order valence-corrected chi connectivity index (χ4v) is 2.11. The molecule has 2 heterocycles. The van der Waals surface area contributed by atoms with Crippen molar-refractivity contribution in [3.63, 3.8) is 0 Å². The molecule has 0 aromatic carbocycles. The van der Waals surface area contributed by atoms with Crippen molar-refractivity contribution in [2.75, 3.05) is 18.0 Å². The van der Waals surface area contributed by atoms with E-state index in [-0.39, 0.29) is 12.2 Å². The number of hydrogen-bond acceptors (Lipinski definition) is 4. The highest BCUT2D eigenvalue weighted by molar-refractivity contribution is 5.84. The Morgan fingerprint density at radius 3 is 2.67 bits per heavy atom. The van der Waals surface area contributed by atoms with Crippen molar-refractivity contribution in [2.24, 2.45) is 0 Å². The van der Waals surface area contributed by atoms with E-state index >= 15 is 0 Å². The van der Waals surface area contributed by atoms with Gasteiger partial charge in [-0.25, -0.2) is 4.79 Å². The lowest BCUT2D eigenvalue weighted by Crippen LogP contribution is -2.45. The Morgan fingerprint density at radius 2 is 2.06 bits per heavy atom. The third-order valence-corrected chi connectivity index (χ3v) is 2.73. The van der Waals surface area contributed by atoms with Gasteiger partial charge >= 0.3 is 5.97 Å². The number of aliphatic carboxylic acids is 1. The van der Waals surface area contributed by atoms with Crippen molar-refractivity contribution in [3.05, 3.63) is 24.0 Å². The van der Waals surface area contributed by atoms with E-state index in [0.29, 0.717) is 5.76 Å². The number of hydrogen-bond donors (Lipinski definition) is 1. The zero-order valence-electron chi connectivity index (χ0n) is 10.5. The van der Waals surface area contributed by atoms with Crippen LogP contribution in [0.2, 0.25) is 0 Å². The van der Waals surface area contributed by atoms with Crippen LogP contribution in [0.1, 0.15) is 19.6 Å². The first-order valence-corrected chi connectivity index (χ1v) is 5.96. The van der Waals surface area contributed by atoms with Gasteiger partial charge in [-0.05, 0) is 26.0 Å². The van der Waals surface area contributed by atoms with Crippen LogP contribution < -0.4 is 4.90 Å². The lowest BCUT2D eigenvalue weighted by Gasteiger charge is -2.35. The predicted octanol–water partition coefficient (Wildman–Crippen LogP) is 1.99. The summed E-state index contributed by atoms with van der Waals surface area (Å²) in [5.41, 5.74) is 0. The van der Waals surface area contributed by atoms with Gasteiger partial charge in [0.25, 0.3) is 0 Å². The van der Waals surface area contributed by atoms with Crippen LogP contribution >= 0.6 is 0 Å². The molecule has 98 valence electrons. The van der Waals surface area contributed by atoms with E-state index in [0.717, 1.165) is 25.0 Å². The molecule has 18 heavy (non-hydrogen) atoms. The molecule has 0 spiro atoms. The van der Waals surface area contributed by atoms with Crippen molar-refractivity contribution >= 4 is 17.9 Å². The van der Waals surface area contributed by atoms with Crippen LogP contribution in [0.5, 0.6) is 0 Å². The van der Waals surface area contributed by atoms with Gasteiger partial charge in [-0.3, -0.25) is 0 Å². The Labute approximate surface area is 106 Å². The Kier molecular flexibility index (Phi) is 3.72. The van der Waals surface area contributed by atoms with E-state index in [1.807, 2.05) is 19.9 Å². The Morgan fingerprint density at radius 1 is 1.39 bits per heavy atom. The van der Waals surface area contributed by atoms with Crippen LogP contribution in [-0.4, -0.2) is 36.4 Å². The van der Waals surface area contributed by atoms with E-state index in [4.69, 9.17) is 14.3 Å². The molecule has 5 heteroatoms. The van der Waals surface area contributed by atoms with E-state index in [1.54, 1.807) is 6.07 Å². The van der Waals surface area contributed by atoms with Gasteiger partial charge in [0, 0.05) is 25.2 Å². The average Bonchev–Trinajstić information content (AvgIpc) is 2.73. The van der Waals surface area contributed by atoms with Crippen LogP contribution in [-0.2, 0) is 9.53 Å². The SMILES string of the molecule is CC1CN(c2ccc(/C=C/C(=O)O)o2)CC(C)O1. The van der Waals surface area contributed by atoms with Crippen LogP contribution in [0.4, 0.5) is 5.88 Å². The molecule has 0 saturated carbocycles. The van der Waals surface area contributed by atoms with E-state index < -0.39 is 5.97 Å². The van der Waals surface area contributed by atoms with Crippen molar-refractivity contribution in [2.45, 2.75) is 26.1 Å². The van der Waals surface area contributed by atoms with Gasteiger partial charge in [0.1, 0.15) is 5.76 Å². The minimum Gasteiger partial charge on any atom is -0.478 e. The molecule has 2 rings (SSSR count). The number of ether oxygens (including phenoxy) is 1. The summed E-state index contributed by atoms with van der Waals surface area (Å²) in [6.45, 7) is 5.60. The molecule has 1 saturated heterocycles. The topological polar surface area (TPSA) is 62.9 Å². The van der Waals surface area contributed by atoms with Gasteiger partial charge in [0.15, 0.2) is 5.88 Å². The maximum absolute atomic E-state index is 10.4. The van der Waals surface area contributed by atoms with Crippen LogP contribution in [0.3, 0.4) is 0 Å². The fourth-order valence-electron chi connectivity index (χ4n) is 2.11. The summed E-state index contributed by atoms with van der Waals surface area (Å²) in [6, 6.07) is 3.62. The standard InChI is InChI=1S/C13H17NO4/c1-9-7-14(8-10(2)17-9)12-5-3-11(18-12)4-6-13(15)16/h3-6,9-10H,7-8H2,1-2H3,(H,15,16)/b6-4+. The molecule has 0 aliphatic carbocycles. The smallest absolute Gasteiger partial charge is 0.328 e. The summed E-state index contributed by atoms with van der Waals surface area (Å²) in [6.07, 6.45) is 2.83. The number of rotatable bonds is 3. The summed E-state index contributed by atoms with van der Waals surface area (Å²) in [4.78, 5) is 12.5. The minimum atomic E-state index is -0.985. The molecule has 2 atom stereocenters. The molecular weight excluding hydrogens is 234 g/mol. The molecule has 1 aromatic rings. The lowest BCUT2D eigenvalue weighted by molar-refractivity contribution is -0.131. The molecule has 2 unspecified atom stereocenters. The number of carboxylic acids is 1. The monoisotopic (exact) mass is 251 g/mol. The zero-order chi connectivity index (χ0) is 13.1. The average molecular weight is 251 g/mol. The third-order valence-electron chi connectivity index (χ3n) is 2.73. The second-order valence-corrected chi connectivity index (χ2v) is 4.51. The first kappa shape index (κ1) is 12.7. The van der Waals surface area contributed by atoms with Gasteiger partial charge in [0.2, 0.25) is 0 Å². The normalized spacial score (nSPS) is 24.7. The summed E-state index contributed by atoms with van der Waals surface area (Å²) in [5.74, 6) is 0.308. The first-order valence-electron chi connectivity index (χ1n) is 5.96. The highest BCUT2D eigenvalue weighted by Gasteiger charge is 2.23. The van der Waals surface area contributed by atoms with Gasteiger partial charge in [-0.15, -0.1) is 0 Å². The molecule has 1 aliphatic rings. The highest BCUT2D eigenvalue weighted by atomic mass is 16.5. The van der Waals surface area contributed by atoms with Gasteiger partial charge < -0.3 is 19.2 Å². The fraction of sp³-hybridized carbons (Fsp3) is 0.462. The van der Waals surface area contributed by atoms with E-state index in [9.17, 15) is 4.79 Å². The van der Waals surface area contributed by atoms with Crippen molar-refractivity contribution < 1.29 is 19.1 Å². The molecule has 1 aliphatic heterocycles. The number of nitrogens with zero attached hydrogens (tertiary/aromatic N) is 1. The number of morpholine rings is 1. The largest absolute Gasteiger partial charge is 0.478 e. The van der Waals surface area contributed by atoms with Gasteiger partial charge in [-0.2, -0.15) is 0 Å². The maximum atomic E-state index is 10.4. The predicted molar refractivity (Wildman–Crippen MR) is 67.6 cm³/mol. The molecule has 1 N–H and O–H groups in total. The number of anilines is 1.